The van der Waals surface area contributed by atoms with E-state index in [4.69, 9.17) is 0 Å². The Morgan fingerprint density at radius 2 is 1.52 bits per heavy atom. The van der Waals surface area contributed by atoms with Crippen molar-refractivity contribution in [3.05, 3.63) is 77.4 Å². The van der Waals surface area contributed by atoms with Gasteiger partial charge in [-0.25, -0.2) is 0 Å². The van der Waals surface area contributed by atoms with Gasteiger partial charge in [0.1, 0.15) is 0 Å². The molecule has 0 unspecified atom stereocenters. The van der Waals surface area contributed by atoms with E-state index in [1.54, 1.807) is 0 Å². The number of hydrogen-bond acceptors (Lipinski definition) is 2. The molecule has 0 bridgehead atoms. The molecule has 2 aromatic rings. The molecule has 0 atom stereocenters. The molecule has 23 heavy (non-hydrogen) atoms. The van der Waals surface area contributed by atoms with Gasteiger partial charge in [-0.1, -0.05) is 48.5 Å². The highest BCUT2D eigenvalue weighted by Gasteiger charge is 2.07. The largest absolute Gasteiger partial charge is 0.326 e. The molecule has 2 aromatic carbocycles. The van der Waals surface area contributed by atoms with Gasteiger partial charge in [-0.05, 0) is 42.7 Å². The summed E-state index contributed by atoms with van der Waals surface area (Å²) in [6, 6.07) is 17.0. The first-order valence-electron chi connectivity index (χ1n) is 7.67. The highest BCUT2D eigenvalue weighted by Crippen LogP contribution is 2.12. The Labute approximate surface area is 137 Å². The first kappa shape index (κ1) is 16.7. The van der Waals surface area contributed by atoms with Crippen LogP contribution in [-0.4, -0.2) is 11.7 Å². The number of benzene rings is 2. The zero-order chi connectivity index (χ0) is 16.7. The molecule has 3 nitrogen and oxygen atoms in total. The van der Waals surface area contributed by atoms with E-state index in [1.165, 1.54) is 0 Å². The van der Waals surface area contributed by atoms with Gasteiger partial charge >= 0.3 is 0 Å². The Morgan fingerprint density at radius 3 is 2.13 bits per heavy atom. The summed E-state index contributed by atoms with van der Waals surface area (Å²) in [4.78, 5) is 23.9. The molecular formula is C20H21NO2. The van der Waals surface area contributed by atoms with Crippen molar-refractivity contribution < 1.29 is 9.59 Å². The van der Waals surface area contributed by atoms with Crippen molar-refractivity contribution in [1.82, 2.24) is 0 Å². The smallest absolute Gasteiger partial charge is 0.228 e. The van der Waals surface area contributed by atoms with E-state index in [2.05, 4.69) is 5.32 Å². The summed E-state index contributed by atoms with van der Waals surface area (Å²) in [5.41, 5.74) is 3.43. The average molecular weight is 307 g/mol. The van der Waals surface area contributed by atoms with Gasteiger partial charge in [0.05, 0.1) is 6.42 Å². The Kier molecular flexibility index (Phi) is 5.87. The number of allylic oxidation sites excluding steroid dienone is 2. The Balaban J connectivity index is 1.92. The van der Waals surface area contributed by atoms with E-state index in [1.807, 2.05) is 74.5 Å². The van der Waals surface area contributed by atoms with Crippen LogP contribution in [0, 0.1) is 0 Å². The summed E-state index contributed by atoms with van der Waals surface area (Å²) < 4.78 is 0. The molecular weight excluding hydrogens is 286 g/mol. The third-order valence-electron chi connectivity index (χ3n) is 3.68. The fourth-order valence-electron chi connectivity index (χ4n) is 2.18. The van der Waals surface area contributed by atoms with Crippen molar-refractivity contribution in [2.45, 2.75) is 26.7 Å². The minimum atomic E-state index is -0.0511. The van der Waals surface area contributed by atoms with E-state index in [0.717, 1.165) is 22.4 Å². The minimum Gasteiger partial charge on any atom is -0.326 e. The van der Waals surface area contributed by atoms with Gasteiger partial charge in [-0.3, -0.25) is 9.59 Å². The van der Waals surface area contributed by atoms with Crippen LogP contribution in [0.15, 0.2) is 66.2 Å². The van der Waals surface area contributed by atoms with Crippen LogP contribution in [0.1, 0.15) is 25.0 Å². The quantitative estimate of drug-likeness (QED) is 0.821. The number of nitrogens with one attached hydrogen (secondary N) is 1. The van der Waals surface area contributed by atoms with Crippen LogP contribution in [0.3, 0.4) is 0 Å². The maximum Gasteiger partial charge on any atom is 0.228 e. The van der Waals surface area contributed by atoms with Crippen LogP contribution < -0.4 is 5.32 Å². The molecule has 0 aliphatic carbocycles. The lowest BCUT2D eigenvalue weighted by Gasteiger charge is -2.07. The van der Waals surface area contributed by atoms with Crippen LogP contribution in [0.5, 0.6) is 0 Å². The summed E-state index contributed by atoms with van der Waals surface area (Å²) >= 11 is 0. The Bertz CT molecular complexity index is 700. The predicted molar refractivity (Wildman–Crippen MR) is 93.4 cm³/mol. The average Bonchev–Trinajstić information content (AvgIpc) is 2.56. The van der Waals surface area contributed by atoms with Crippen molar-refractivity contribution in [2.24, 2.45) is 0 Å². The van der Waals surface area contributed by atoms with E-state index >= 15 is 0 Å². The second kappa shape index (κ2) is 8.08. The third-order valence-corrected chi connectivity index (χ3v) is 3.68. The number of hydrogen-bond donors (Lipinski definition) is 1. The van der Waals surface area contributed by atoms with Crippen molar-refractivity contribution in [2.75, 3.05) is 5.32 Å². The van der Waals surface area contributed by atoms with E-state index in [9.17, 15) is 9.59 Å². The molecule has 0 saturated heterocycles. The number of Topliss-reactive ketones (excluding diaryl/α,β-unsaturated/α-hetero) is 1. The van der Waals surface area contributed by atoms with Gasteiger partial charge in [-0.15, -0.1) is 0 Å². The summed E-state index contributed by atoms with van der Waals surface area (Å²) in [6.07, 6.45) is 2.55. The van der Waals surface area contributed by atoms with Crippen molar-refractivity contribution in [3.8, 4) is 0 Å². The molecule has 3 heteroatoms. The van der Waals surface area contributed by atoms with Crippen molar-refractivity contribution in [3.63, 3.8) is 0 Å². The molecule has 2 rings (SSSR count). The molecule has 0 aromatic heterocycles. The molecule has 0 radical (unpaired) electrons. The van der Waals surface area contributed by atoms with Gasteiger partial charge in [0.2, 0.25) is 5.91 Å². The number of carbonyl (C=O) groups excluding carboxylic acids is 2. The maximum absolute atomic E-state index is 12.0. The molecule has 0 aliphatic rings. The normalized spacial score (nSPS) is 11.1. The van der Waals surface area contributed by atoms with E-state index in [-0.39, 0.29) is 11.7 Å². The van der Waals surface area contributed by atoms with Gasteiger partial charge in [0, 0.05) is 12.1 Å². The van der Waals surface area contributed by atoms with Gasteiger partial charge in [0.15, 0.2) is 5.78 Å². The molecule has 0 heterocycles. The van der Waals surface area contributed by atoms with E-state index in [0.29, 0.717) is 12.8 Å². The SMILES string of the molecule is C/C=C(\C)C(=O)Cc1ccc(NC(=O)Cc2ccccc2)cc1. The lowest BCUT2D eigenvalue weighted by molar-refractivity contribution is -0.116. The second-order valence-corrected chi connectivity index (χ2v) is 5.48. The topological polar surface area (TPSA) is 46.2 Å². The molecule has 1 N–H and O–H groups in total. The maximum atomic E-state index is 12.0. The van der Waals surface area contributed by atoms with Crippen LogP contribution in [0.2, 0.25) is 0 Å². The molecule has 1 amide bonds. The zero-order valence-electron chi connectivity index (χ0n) is 13.5. The molecule has 0 saturated carbocycles. The highest BCUT2D eigenvalue weighted by molar-refractivity contribution is 5.96. The van der Waals surface area contributed by atoms with Crippen molar-refractivity contribution >= 4 is 17.4 Å². The fourth-order valence-corrected chi connectivity index (χ4v) is 2.18. The van der Waals surface area contributed by atoms with Gasteiger partial charge < -0.3 is 5.32 Å². The first-order chi connectivity index (χ1) is 11.1. The minimum absolute atomic E-state index is 0.0511. The number of ketones is 1. The number of amides is 1. The molecule has 118 valence electrons. The fraction of sp³-hybridized carbons (Fsp3) is 0.200. The molecule has 0 aliphatic heterocycles. The lowest BCUT2D eigenvalue weighted by atomic mass is 10.0. The summed E-state index contributed by atoms with van der Waals surface area (Å²) in [5, 5.41) is 2.87. The highest BCUT2D eigenvalue weighted by atomic mass is 16.1. The predicted octanol–water partition coefficient (Wildman–Crippen LogP) is 3.95. The van der Waals surface area contributed by atoms with Crippen LogP contribution in [0.4, 0.5) is 5.69 Å². The number of rotatable bonds is 6. The van der Waals surface area contributed by atoms with Gasteiger partial charge in [0.25, 0.3) is 0 Å². The zero-order valence-corrected chi connectivity index (χ0v) is 13.5. The van der Waals surface area contributed by atoms with Crippen LogP contribution in [0.25, 0.3) is 0 Å². The molecule has 0 spiro atoms. The van der Waals surface area contributed by atoms with Crippen LogP contribution in [-0.2, 0) is 22.4 Å². The Hall–Kier alpha value is -2.68. The standard InChI is InChI=1S/C20H21NO2/c1-3-15(2)19(22)13-17-9-11-18(12-10-17)21-20(23)14-16-7-5-4-6-8-16/h3-12H,13-14H2,1-2H3,(H,21,23)/b15-3+. The monoisotopic (exact) mass is 307 g/mol. The third kappa shape index (κ3) is 5.22. The van der Waals surface area contributed by atoms with E-state index < -0.39 is 0 Å². The van der Waals surface area contributed by atoms with Gasteiger partial charge in [-0.2, -0.15) is 0 Å². The van der Waals surface area contributed by atoms with Crippen LogP contribution >= 0.6 is 0 Å². The molecule has 0 fully saturated rings. The number of anilines is 1. The number of carbonyl (C=O) groups is 2. The van der Waals surface area contributed by atoms with Crippen molar-refractivity contribution in [1.29, 1.82) is 0 Å². The summed E-state index contributed by atoms with van der Waals surface area (Å²) in [5.74, 6) is 0.0677. The summed E-state index contributed by atoms with van der Waals surface area (Å²) in [7, 11) is 0. The Morgan fingerprint density at radius 1 is 0.913 bits per heavy atom. The summed E-state index contributed by atoms with van der Waals surface area (Å²) in [6.45, 7) is 3.68. The first-order valence-corrected chi connectivity index (χ1v) is 7.67. The second-order valence-electron chi connectivity index (χ2n) is 5.48. The lowest BCUT2D eigenvalue weighted by Crippen LogP contribution is -2.14.